The molecule has 0 aliphatic heterocycles. The van der Waals surface area contributed by atoms with Crippen molar-refractivity contribution in [2.24, 2.45) is 0 Å². The van der Waals surface area contributed by atoms with Gasteiger partial charge in [-0.05, 0) is 17.7 Å². The highest BCUT2D eigenvalue weighted by atomic mass is 32.1. The van der Waals surface area contributed by atoms with Crippen molar-refractivity contribution < 1.29 is 4.39 Å². The van der Waals surface area contributed by atoms with Crippen LogP contribution in [0.4, 0.5) is 10.1 Å². The number of rotatable bonds is 1. The molecule has 0 spiro atoms. The topological polar surface area (TPSA) is 26.0 Å². The van der Waals surface area contributed by atoms with Crippen LogP contribution in [0, 0.1) is 5.82 Å². The average molecular weight is 193 g/mol. The van der Waals surface area contributed by atoms with Crippen molar-refractivity contribution in [3.63, 3.8) is 0 Å². The van der Waals surface area contributed by atoms with E-state index in [2.05, 4.69) is 0 Å². The number of benzene rings is 1. The van der Waals surface area contributed by atoms with Crippen molar-refractivity contribution in [2.45, 2.75) is 0 Å². The van der Waals surface area contributed by atoms with Crippen molar-refractivity contribution in [1.29, 1.82) is 0 Å². The lowest BCUT2D eigenvalue weighted by atomic mass is 10.1. The Hall–Kier alpha value is -1.35. The first-order valence-electron chi connectivity index (χ1n) is 3.85. The molecule has 2 aromatic rings. The lowest BCUT2D eigenvalue weighted by Crippen LogP contribution is -1.84. The number of halogens is 1. The molecule has 0 aliphatic rings. The molecule has 13 heavy (non-hydrogen) atoms. The van der Waals surface area contributed by atoms with Gasteiger partial charge in [-0.25, -0.2) is 4.39 Å². The molecule has 0 saturated carbocycles. The molecule has 1 nitrogen and oxygen atoms in total. The van der Waals surface area contributed by atoms with Crippen LogP contribution in [0.2, 0.25) is 0 Å². The van der Waals surface area contributed by atoms with E-state index in [0.717, 1.165) is 16.8 Å². The molecule has 2 rings (SSSR count). The SMILES string of the molecule is Nc1cscc1-c1ccc(F)cc1. The fourth-order valence-electron chi connectivity index (χ4n) is 1.17. The van der Waals surface area contributed by atoms with Gasteiger partial charge in [-0.3, -0.25) is 0 Å². The fourth-order valence-corrected chi connectivity index (χ4v) is 1.92. The van der Waals surface area contributed by atoms with E-state index in [1.54, 1.807) is 23.5 Å². The molecule has 1 heterocycles. The summed E-state index contributed by atoms with van der Waals surface area (Å²) in [4.78, 5) is 0. The van der Waals surface area contributed by atoms with E-state index in [1.807, 2.05) is 10.8 Å². The first-order valence-corrected chi connectivity index (χ1v) is 4.79. The Kier molecular flexibility index (Phi) is 2.02. The second-order valence-electron chi connectivity index (χ2n) is 2.75. The zero-order valence-electron chi connectivity index (χ0n) is 6.83. The lowest BCUT2D eigenvalue weighted by Gasteiger charge is -1.98. The Labute approximate surface area is 79.6 Å². The molecule has 3 heteroatoms. The van der Waals surface area contributed by atoms with Crippen LogP contribution in [0.15, 0.2) is 35.0 Å². The van der Waals surface area contributed by atoms with E-state index < -0.39 is 0 Å². The summed E-state index contributed by atoms with van der Waals surface area (Å²) in [5, 5.41) is 3.83. The molecule has 2 N–H and O–H groups in total. The molecule has 0 unspecified atom stereocenters. The number of hydrogen-bond acceptors (Lipinski definition) is 2. The van der Waals surface area contributed by atoms with E-state index in [0.29, 0.717) is 0 Å². The van der Waals surface area contributed by atoms with Crippen LogP contribution in [0.1, 0.15) is 0 Å². The molecular weight excluding hydrogens is 185 g/mol. The van der Waals surface area contributed by atoms with Gasteiger partial charge in [0.05, 0.1) is 5.69 Å². The van der Waals surface area contributed by atoms with Gasteiger partial charge in [0.25, 0.3) is 0 Å². The van der Waals surface area contributed by atoms with Crippen LogP contribution in [0.25, 0.3) is 11.1 Å². The van der Waals surface area contributed by atoms with Gasteiger partial charge in [0.2, 0.25) is 0 Å². The van der Waals surface area contributed by atoms with Gasteiger partial charge in [0.15, 0.2) is 0 Å². The third-order valence-corrected chi connectivity index (χ3v) is 2.61. The highest BCUT2D eigenvalue weighted by Crippen LogP contribution is 2.29. The van der Waals surface area contributed by atoms with Gasteiger partial charge in [0.1, 0.15) is 5.82 Å². The lowest BCUT2D eigenvalue weighted by molar-refractivity contribution is 0.628. The monoisotopic (exact) mass is 193 g/mol. The van der Waals surface area contributed by atoms with Crippen LogP contribution in [0.3, 0.4) is 0 Å². The minimum atomic E-state index is -0.224. The van der Waals surface area contributed by atoms with Crippen LogP contribution in [0.5, 0.6) is 0 Å². The van der Waals surface area contributed by atoms with E-state index in [1.165, 1.54) is 12.1 Å². The predicted molar refractivity (Wildman–Crippen MR) is 54.1 cm³/mol. The molecular formula is C10H8FNS. The summed E-state index contributed by atoms with van der Waals surface area (Å²) >= 11 is 1.55. The van der Waals surface area contributed by atoms with Gasteiger partial charge in [-0.15, -0.1) is 11.3 Å². The Bertz CT molecular complexity index is 405. The van der Waals surface area contributed by atoms with Crippen LogP contribution < -0.4 is 5.73 Å². The van der Waals surface area contributed by atoms with Crippen molar-refractivity contribution in [3.8, 4) is 11.1 Å². The molecule has 1 aromatic carbocycles. The first-order chi connectivity index (χ1) is 6.27. The third-order valence-electron chi connectivity index (χ3n) is 1.85. The molecule has 66 valence electrons. The van der Waals surface area contributed by atoms with Gasteiger partial charge < -0.3 is 5.73 Å². The zero-order valence-corrected chi connectivity index (χ0v) is 7.64. The van der Waals surface area contributed by atoms with Crippen molar-refractivity contribution in [3.05, 3.63) is 40.8 Å². The van der Waals surface area contributed by atoms with Gasteiger partial charge in [-0.2, -0.15) is 0 Å². The van der Waals surface area contributed by atoms with E-state index in [-0.39, 0.29) is 5.82 Å². The third kappa shape index (κ3) is 1.55. The number of hydrogen-bond donors (Lipinski definition) is 1. The second-order valence-corrected chi connectivity index (χ2v) is 3.49. The van der Waals surface area contributed by atoms with Crippen molar-refractivity contribution >= 4 is 17.0 Å². The first kappa shape index (κ1) is 8.26. The normalized spacial score (nSPS) is 10.2. The summed E-state index contributed by atoms with van der Waals surface area (Å²) in [6.45, 7) is 0. The summed E-state index contributed by atoms with van der Waals surface area (Å²) in [5.41, 5.74) is 8.41. The highest BCUT2D eigenvalue weighted by Gasteiger charge is 2.02. The van der Waals surface area contributed by atoms with E-state index in [9.17, 15) is 4.39 Å². The molecule has 0 radical (unpaired) electrons. The smallest absolute Gasteiger partial charge is 0.123 e. The Morgan fingerprint density at radius 2 is 1.77 bits per heavy atom. The Morgan fingerprint density at radius 1 is 1.08 bits per heavy atom. The largest absolute Gasteiger partial charge is 0.398 e. The predicted octanol–water partition coefficient (Wildman–Crippen LogP) is 3.14. The maximum atomic E-state index is 12.6. The molecule has 1 aromatic heterocycles. The Morgan fingerprint density at radius 3 is 2.31 bits per heavy atom. The summed E-state index contributed by atoms with van der Waals surface area (Å²) in [5.74, 6) is -0.224. The average Bonchev–Trinajstić information content (AvgIpc) is 2.53. The molecule has 0 aliphatic carbocycles. The van der Waals surface area contributed by atoms with E-state index in [4.69, 9.17) is 5.73 Å². The van der Waals surface area contributed by atoms with Gasteiger partial charge in [0, 0.05) is 16.3 Å². The summed E-state index contributed by atoms with van der Waals surface area (Å²) in [6, 6.07) is 6.33. The summed E-state index contributed by atoms with van der Waals surface area (Å²) < 4.78 is 12.6. The molecule has 0 saturated heterocycles. The fraction of sp³-hybridized carbons (Fsp3) is 0. The minimum Gasteiger partial charge on any atom is -0.398 e. The van der Waals surface area contributed by atoms with Crippen LogP contribution in [-0.2, 0) is 0 Å². The second kappa shape index (κ2) is 3.18. The quantitative estimate of drug-likeness (QED) is 0.739. The Balaban J connectivity index is 2.47. The summed E-state index contributed by atoms with van der Waals surface area (Å²) in [6.07, 6.45) is 0. The summed E-state index contributed by atoms with van der Waals surface area (Å²) in [7, 11) is 0. The van der Waals surface area contributed by atoms with Gasteiger partial charge in [-0.1, -0.05) is 12.1 Å². The molecule has 0 bridgehead atoms. The maximum absolute atomic E-state index is 12.6. The number of thiophene rings is 1. The highest BCUT2D eigenvalue weighted by molar-refractivity contribution is 7.08. The standard InChI is InChI=1S/C10H8FNS/c11-8-3-1-7(2-4-8)9-5-13-6-10(9)12/h1-6H,12H2. The number of nitrogen functional groups attached to an aromatic ring is 1. The van der Waals surface area contributed by atoms with Crippen molar-refractivity contribution in [1.82, 2.24) is 0 Å². The molecule has 0 fully saturated rings. The maximum Gasteiger partial charge on any atom is 0.123 e. The van der Waals surface area contributed by atoms with E-state index >= 15 is 0 Å². The van der Waals surface area contributed by atoms with Crippen LogP contribution >= 0.6 is 11.3 Å². The minimum absolute atomic E-state index is 0.224. The van der Waals surface area contributed by atoms with Crippen LogP contribution in [-0.4, -0.2) is 0 Å². The molecule has 0 amide bonds. The van der Waals surface area contributed by atoms with Crippen molar-refractivity contribution in [2.75, 3.05) is 5.73 Å². The number of nitrogens with two attached hydrogens (primary N) is 1. The molecule has 0 atom stereocenters. The number of anilines is 1. The van der Waals surface area contributed by atoms with Gasteiger partial charge >= 0.3 is 0 Å². The zero-order chi connectivity index (χ0) is 9.26.